The number of benzene rings is 1. The molecule has 80 valence electrons. The topological polar surface area (TPSA) is 56.8 Å². The third-order valence-electron chi connectivity index (χ3n) is 2.45. The lowest BCUT2D eigenvalue weighted by molar-refractivity contribution is 0.0837. The van der Waals surface area contributed by atoms with Crippen LogP contribution in [0.3, 0.4) is 0 Å². The van der Waals surface area contributed by atoms with Crippen LogP contribution in [-0.4, -0.2) is 19.4 Å². The van der Waals surface area contributed by atoms with Gasteiger partial charge in [-0.15, -0.1) is 0 Å². The van der Waals surface area contributed by atoms with Crippen LogP contribution in [0.4, 0.5) is 0 Å². The smallest absolute Gasteiger partial charge is 0.161 e. The van der Waals surface area contributed by atoms with Crippen molar-refractivity contribution in [3.05, 3.63) is 29.8 Å². The molecule has 0 fully saturated rings. The minimum absolute atomic E-state index is 0.0558. The number of methoxy groups -OCH3 is 1. The van der Waals surface area contributed by atoms with Crippen molar-refractivity contribution >= 4 is 5.71 Å². The first-order valence-electron chi connectivity index (χ1n) is 4.89. The fraction of sp³-hybridized carbons (Fsp3) is 0.364. The van der Waals surface area contributed by atoms with Gasteiger partial charge >= 0.3 is 0 Å². The molecule has 15 heavy (non-hydrogen) atoms. The van der Waals surface area contributed by atoms with Crippen LogP contribution in [-0.2, 0) is 4.84 Å². The molecular weight excluding hydrogens is 192 g/mol. The first-order valence-corrected chi connectivity index (χ1v) is 4.89. The van der Waals surface area contributed by atoms with E-state index in [0.717, 1.165) is 23.4 Å². The van der Waals surface area contributed by atoms with Crippen LogP contribution in [0, 0.1) is 0 Å². The van der Waals surface area contributed by atoms with Crippen molar-refractivity contribution < 1.29 is 9.57 Å². The number of rotatable bonds is 3. The molecular formula is C11H14N2O2. The van der Waals surface area contributed by atoms with Gasteiger partial charge in [-0.2, -0.15) is 0 Å². The molecule has 1 aromatic carbocycles. The summed E-state index contributed by atoms with van der Waals surface area (Å²) in [4.78, 5) is 5.31. The largest absolute Gasteiger partial charge is 0.496 e. The molecule has 1 heterocycles. The SMILES string of the molecule is COc1ccccc1C1CC(CN)=NO1. The second-order valence-electron chi connectivity index (χ2n) is 3.40. The molecule has 1 aromatic rings. The van der Waals surface area contributed by atoms with Crippen LogP contribution in [0.1, 0.15) is 18.1 Å². The Kier molecular flexibility index (Phi) is 2.87. The maximum Gasteiger partial charge on any atom is 0.161 e. The molecule has 0 bridgehead atoms. The van der Waals surface area contributed by atoms with Gasteiger partial charge in [0.2, 0.25) is 0 Å². The zero-order chi connectivity index (χ0) is 10.7. The predicted molar refractivity (Wildman–Crippen MR) is 57.9 cm³/mol. The molecule has 1 aliphatic rings. The lowest BCUT2D eigenvalue weighted by Gasteiger charge is -2.12. The van der Waals surface area contributed by atoms with E-state index in [0.29, 0.717) is 6.54 Å². The van der Waals surface area contributed by atoms with Gasteiger partial charge in [0, 0.05) is 18.5 Å². The van der Waals surface area contributed by atoms with Gasteiger partial charge < -0.3 is 15.3 Å². The Hall–Kier alpha value is -1.55. The normalized spacial score (nSPS) is 19.6. The van der Waals surface area contributed by atoms with Gasteiger partial charge in [-0.3, -0.25) is 0 Å². The summed E-state index contributed by atoms with van der Waals surface area (Å²) in [7, 11) is 1.65. The Labute approximate surface area is 88.7 Å². The molecule has 0 saturated carbocycles. The summed E-state index contributed by atoms with van der Waals surface area (Å²) in [5.41, 5.74) is 7.42. The standard InChI is InChI=1S/C11H14N2O2/c1-14-10-5-3-2-4-9(10)11-6-8(7-12)13-15-11/h2-5,11H,6-7,12H2,1H3. The van der Waals surface area contributed by atoms with Crippen molar-refractivity contribution in [2.75, 3.05) is 13.7 Å². The fourth-order valence-corrected chi connectivity index (χ4v) is 1.65. The van der Waals surface area contributed by atoms with Crippen LogP contribution in [0.2, 0.25) is 0 Å². The van der Waals surface area contributed by atoms with E-state index >= 15 is 0 Å². The minimum atomic E-state index is -0.0558. The second kappa shape index (κ2) is 4.31. The molecule has 0 radical (unpaired) electrons. The summed E-state index contributed by atoms with van der Waals surface area (Å²) in [6.07, 6.45) is 0.691. The summed E-state index contributed by atoms with van der Waals surface area (Å²) < 4.78 is 5.26. The molecule has 1 unspecified atom stereocenters. The highest BCUT2D eigenvalue weighted by Gasteiger charge is 2.24. The zero-order valence-corrected chi connectivity index (χ0v) is 8.64. The van der Waals surface area contributed by atoms with Crippen molar-refractivity contribution in [3.63, 3.8) is 0 Å². The molecule has 2 rings (SSSR count). The van der Waals surface area contributed by atoms with E-state index in [1.807, 2.05) is 24.3 Å². The maximum atomic E-state index is 5.50. The third-order valence-corrected chi connectivity index (χ3v) is 2.45. The molecule has 1 atom stereocenters. The molecule has 0 aromatic heterocycles. The van der Waals surface area contributed by atoms with E-state index in [2.05, 4.69) is 5.16 Å². The Morgan fingerprint density at radius 2 is 2.33 bits per heavy atom. The monoisotopic (exact) mass is 206 g/mol. The average molecular weight is 206 g/mol. The van der Waals surface area contributed by atoms with Crippen LogP contribution in [0.15, 0.2) is 29.4 Å². The van der Waals surface area contributed by atoms with Crippen LogP contribution < -0.4 is 10.5 Å². The summed E-state index contributed by atoms with van der Waals surface area (Å²) in [5.74, 6) is 0.830. The van der Waals surface area contributed by atoms with Gasteiger partial charge in [-0.1, -0.05) is 23.4 Å². The second-order valence-corrected chi connectivity index (χ2v) is 3.40. The van der Waals surface area contributed by atoms with Crippen molar-refractivity contribution in [3.8, 4) is 5.75 Å². The summed E-state index contributed by atoms with van der Waals surface area (Å²) in [5, 5.41) is 3.92. The van der Waals surface area contributed by atoms with Crippen molar-refractivity contribution in [2.24, 2.45) is 10.9 Å². The van der Waals surface area contributed by atoms with E-state index in [1.54, 1.807) is 7.11 Å². The predicted octanol–water partition coefficient (Wildman–Crippen LogP) is 1.47. The van der Waals surface area contributed by atoms with Crippen molar-refractivity contribution in [1.29, 1.82) is 0 Å². The first-order chi connectivity index (χ1) is 7.35. The van der Waals surface area contributed by atoms with E-state index in [9.17, 15) is 0 Å². The molecule has 4 heteroatoms. The van der Waals surface area contributed by atoms with Crippen LogP contribution in [0.25, 0.3) is 0 Å². The van der Waals surface area contributed by atoms with E-state index < -0.39 is 0 Å². The Balaban J connectivity index is 2.18. The number of nitrogens with two attached hydrogens (primary N) is 1. The van der Waals surface area contributed by atoms with Crippen molar-refractivity contribution in [2.45, 2.75) is 12.5 Å². The summed E-state index contributed by atoms with van der Waals surface area (Å²) >= 11 is 0. The van der Waals surface area contributed by atoms with Crippen molar-refractivity contribution in [1.82, 2.24) is 0 Å². The van der Waals surface area contributed by atoms with Gasteiger partial charge in [-0.25, -0.2) is 0 Å². The lowest BCUT2D eigenvalue weighted by atomic mass is 10.0. The van der Waals surface area contributed by atoms with Crippen LogP contribution >= 0.6 is 0 Å². The fourth-order valence-electron chi connectivity index (χ4n) is 1.65. The molecule has 1 aliphatic heterocycles. The summed E-state index contributed by atoms with van der Waals surface area (Å²) in [6.45, 7) is 0.450. The number of hydrogen-bond donors (Lipinski definition) is 1. The van der Waals surface area contributed by atoms with Gasteiger partial charge in [0.05, 0.1) is 12.8 Å². The maximum absolute atomic E-state index is 5.50. The molecule has 0 amide bonds. The number of oxime groups is 1. The molecule has 0 saturated heterocycles. The number of para-hydroxylation sites is 1. The number of hydrogen-bond acceptors (Lipinski definition) is 4. The highest BCUT2D eigenvalue weighted by molar-refractivity contribution is 5.87. The zero-order valence-electron chi connectivity index (χ0n) is 8.64. The first kappa shape index (κ1) is 9.98. The average Bonchev–Trinajstić information content (AvgIpc) is 2.77. The Bertz CT molecular complexity index is 377. The van der Waals surface area contributed by atoms with E-state index in [-0.39, 0.29) is 6.10 Å². The quantitative estimate of drug-likeness (QED) is 0.814. The third kappa shape index (κ3) is 1.94. The Morgan fingerprint density at radius 3 is 3.00 bits per heavy atom. The highest BCUT2D eigenvalue weighted by atomic mass is 16.6. The van der Waals surface area contributed by atoms with Gasteiger partial charge in [0.25, 0.3) is 0 Å². The van der Waals surface area contributed by atoms with E-state index in [1.165, 1.54) is 0 Å². The lowest BCUT2D eigenvalue weighted by Crippen LogP contribution is -2.12. The molecule has 0 aliphatic carbocycles. The van der Waals surface area contributed by atoms with Gasteiger partial charge in [0.15, 0.2) is 6.10 Å². The number of nitrogens with zero attached hydrogens (tertiary/aromatic N) is 1. The van der Waals surface area contributed by atoms with Gasteiger partial charge in [0.1, 0.15) is 5.75 Å². The summed E-state index contributed by atoms with van der Waals surface area (Å²) in [6, 6.07) is 7.79. The highest BCUT2D eigenvalue weighted by Crippen LogP contribution is 2.33. The Morgan fingerprint density at radius 1 is 1.53 bits per heavy atom. The molecule has 0 spiro atoms. The number of ether oxygens (including phenoxy) is 1. The van der Waals surface area contributed by atoms with Gasteiger partial charge in [-0.05, 0) is 6.07 Å². The minimum Gasteiger partial charge on any atom is -0.496 e. The molecule has 2 N–H and O–H groups in total. The van der Waals surface area contributed by atoms with Crippen LogP contribution in [0.5, 0.6) is 5.75 Å². The molecule has 4 nitrogen and oxygen atoms in total. The van der Waals surface area contributed by atoms with E-state index in [4.69, 9.17) is 15.3 Å².